The summed E-state index contributed by atoms with van der Waals surface area (Å²) in [4.78, 5) is 32.1. The molecule has 0 radical (unpaired) electrons. The van der Waals surface area contributed by atoms with Gasteiger partial charge in [-0.1, -0.05) is 12.0 Å². The fourth-order valence-corrected chi connectivity index (χ4v) is 3.29. The average Bonchev–Trinajstić information content (AvgIpc) is 2.81. The maximum absolute atomic E-state index is 12.4. The zero-order valence-corrected chi connectivity index (χ0v) is 17.4. The Morgan fingerprint density at radius 2 is 1.81 bits per heavy atom. The number of nitrogens with zero attached hydrogens (tertiary/aromatic N) is 3. The normalized spacial score (nSPS) is 15.5. The molecular formula is C23H26N4O4. The van der Waals surface area contributed by atoms with Crippen molar-refractivity contribution in [3.63, 3.8) is 0 Å². The number of anilines is 1. The number of ketones is 1. The van der Waals surface area contributed by atoms with E-state index >= 15 is 0 Å². The number of hydrogen-bond acceptors (Lipinski definition) is 6. The second-order valence-corrected chi connectivity index (χ2v) is 7.28. The third-order valence-electron chi connectivity index (χ3n) is 5.06. The zero-order chi connectivity index (χ0) is 22.2. The van der Waals surface area contributed by atoms with Crippen LogP contribution in [0, 0.1) is 11.8 Å². The van der Waals surface area contributed by atoms with E-state index in [0.29, 0.717) is 26.2 Å². The first kappa shape index (κ1) is 22.3. The molecule has 0 spiro atoms. The number of rotatable bonds is 5. The summed E-state index contributed by atoms with van der Waals surface area (Å²) in [6.45, 7) is 2.91. The van der Waals surface area contributed by atoms with Gasteiger partial charge in [0.15, 0.2) is 5.78 Å². The van der Waals surface area contributed by atoms with E-state index in [2.05, 4.69) is 27.0 Å². The van der Waals surface area contributed by atoms with Gasteiger partial charge in [-0.2, -0.15) is 0 Å². The van der Waals surface area contributed by atoms with E-state index < -0.39 is 30.6 Å². The van der Waals surface area contributed by atoms with Crippen molar-refractivity contribution in [1.29, 1.82) is 0 Å². The maximum atomic E-state index is 12.4. The monoisotopic (exact) mass is 422 g/mol. The predicted molar refractivity (Wildman–Crippen MR) is 117 cm³/mol. The molecule has 1 aromatic carbocycles. The molecule has 0 unspecified atom stereocenters. The largest absolute Gasteiger partial charge is 0.391 e. The molecule has 1 aliphatic heterocycles. The van der Waals surface area contributed by atoms with Gasteiger partial charge in [-0.15, -0.1) is 0 Å². The SMILES string of the molecule is C[C@@H](O)[C@H](NC(=O)N1CCN(c2ccc(C#Cc3ccccn3)cc2)CC1)C(=O)CO. The molecule has 1 saturated heterocycles. The van der Waals surface area contributed by atoms with E-state index in [1.807, 2.05) is 42.5 Å². The highest BCUT2D eigenvalue weighted by molar-refractivity contribution is 5.89. The third kappa shape index (κ3) is 6.04. The van der Waals surface area contributed by atoms with Gasteiger partial charge in [0.25, 0.3) is 0 Å². The zero-order valence-electron chi connectivity index (χ0n) is 17.4. The number of nitrogens with one attached hydrogen (secondary N) is 1. The second-order valence-electron chi connectivity index (χ2n) is 7.28. The highest BCUT2D eigenvalue weighted by Crippen LogP contribution is 2.17. The number of aliphatic hydroxyl groups is 2. The first-order valence-corrected chi connectivity index (χ1v) is 10.1. The summed E-state index contributed by atoms with van der Waals surface area (Å²) in [5, 5.41) is 21.2. The average molecular weight is 422 g/mol. The van der Waals surface area contributed by atoms with Gasteiger partial charge in [0.05, 0.1) is 6.10 Å². The first-order chi connectivity index (χ1) is 15.0. The molecule has 8 nitrogen and oxygen atoms in total. The fraction of sp³-hybridized carbons (Fsp3) is 0.348. The summed E-state index contributed by atoms with van der Waals surface area (Å²) >= 11 is 0. The Morgan fingerprint density at radius 3 is 2.39 bits per heavy atom. The molecule has 2 amide bonds. The summed E-state index contributed by atoms with van der Waals surface area (Å²) < 4.78 is 0. The van der Waals surface area contributed by atoms with Crippen LogP contribution in [0.3, 0.4) is 0 Å². The highest BCUT2D eigenvalue weighted by atomic mass is 16.3. The number of carbonyl (C=O) groups is 2. The van der Waals surface area contributed by atoms with Crippen LogP contribution in [0.1, 0.15) is 18.2 Å². The Morgan fingerprint density at radius 1 is 1.10 bits per heavy atom. The molecule has 1 fully saturated rings. The van der Waals surface area contributed by atoms with Crippen LogP contribution in [0.2, 0.25) is 0 Å². The van der Waals surface area contributed by atoms with Gasteiger partial charge in [-0.25, -0.2) is 9.78 Å². The number of benzene rings is 1. The third-order valence-corrected chi connectivity index (χ3v) is 5.06. The molecule has 2 aromatic rings. The van der Waals surface area contributed by atoms with Gasteiger partial charge in [0.2, 0.25) is 0 Å². The first-order valence-electron chi connectivity index (χ1n) is 10.1. The summed E-state index contributed by atoms with van der Waals surface area (Å²) in [5.41, 5.74) is 2.66. The van der Waals surface area contributed by atoms with Crippen LogP contribution < -0.4 is 10.2 Å². The van der Waals surface area contributed by atoms with E-state index in [1.165, 1.54) is 6.92 Å². The number of piperazine rings is 1. The molecule has 162 valence electrons. The molecule has 0 aliphatic carbocycles. The van der Waals surface area contributed by atoms with Crippen molar-refractivity contribution in [3.05, 3.63) is 59.9 Å². The van der Waals surface area contributed by atoms with Crippen LogP contribution in [0.4, 0.5) is 10.5 Å². The Balaban J connectivity index is 1.54. The number of aliphatic hydroxyl groups excluding tert-OH is 2. The van der Waals surface area contributed by atoms with E-state index in [0.717, 1.165) is 16.9 Å². The molecule has 0 saturated carbocycles. The van der Waals surface area contributed by atoms with E-state index in [-0.39, 0.29) is 0 Å². The molecule has 3 rings (SSSR count). The molecule has 31 heavy (non-hydrogen) atoms. The summed E-state index contributed by atoms with van der Waals surface area (Å²) in [6, 6.07) is 12.0. The molecule has 2 heterocycles. The van der Waals surface area contributed by atoms with E-state index in [1.54, 1.807) is 11.1 Å². The molecule has 0 bridgehead atoms. The van der Waals surface area contributed by atoms with Gasteiger partial charge >= 0.3 is 6.03 Å². The molecular weight excluding hydrogens is 396 g/mol. The summed E-state index contributed by atoms with van der Waals surface area (Å²) in [7, 11) is 0. The van der Waals surface area contributed by atoms with Crippen LogP contribution in [-0.4, -0.2) is 76.8 Å². The van der Waals surface area contributed by atoms with Crippen molar-refractivity contribution in [2.75, 3.05) is 37.7 Å². The van der Waals surface area contributed by atoms with Crippen LogP contribution >= 0.6 is 0 Å². The molecule has 1 aliphatic rings. The lowest BCUT2D eigenvalue weighted by atomic mass is 10.1. The number of urea groups is 1. The molecule has 2 atom stereocenters. The van der Waals surface area contributed by atoms with Crippen molar-refractivity contribution >= 4 is 17.5 Å². The smallest absolute Gasteiger partial charge is 0.318 e. The van der Waals surface area contributed by atoms with E-state index in [4.69, 9.17) is 5.11 Å². The van der Waals surface area contributed by atoms with Crippen molar-refractivity contribution in [2.45, 2.75) is 19.1 Å². The lowest BCUT2D eigenvalue weighted by Gasteiger charge is -2.36. The Labute approximate surface area is 181 Å². The van der Waals surface area contributed by atoms with Gasteiger partial charge < -0.3 is 25.3 Å². The maximum Gasteiger partial charge on any atom is 0.318 e. The van der Waals surface area contributed by atoms with Crippen molar-refractivity contribution in [2.24, 2.45) is 0 Å². The number of pyridine rings is 1. The highest BCUT2D eigenvalue weighted by Gasteiger charge is 2.28. The molecule has 8 heteroatoms. The number of hydrogen-bond donors (Lipinski definition) is 3. The lowest BCUT2D eigenvalue weighted by Crippen LogP contribution is -2.57. The van der Waals surface area contributed by atoms with Gasteiger partial charge in [0.1, 0.15) is 18.3 Å². The quantitative estimate of drug-likeness (QED) is 0.610. The lowest BCUT2D eigenvalue weighted by molar-refractivity contribution is -0.125. The minimum atomic E-state index is -1.12. The summed E-state index contributed by atoms with van der Waals surface area (Å²) in [5.74, 6) is 5.51. The minimum absolute atomic E-state index is 0.424. The Hall–Kier alpha value is -3.41. The van der Waals surface area contributed by atoms with Crippen LogP contribution in [0.25, 0.3) is 0 Å². The number of Topliss-reactive ketones (excluding diaryl/α,β-unsaturated/α-hetero) is 1. The number of carbonyl (C=O) groups excluding carboxylic acids is 2. The number of amides is 2. The van der Waals surface area contributed by atoms with Crippen molar-refractivity contribution in [3.8, 4) is 11.8 Å². The Kier molecular flexibility index (Phi) is 7.60. The predicted octanol–water partition coefficient (Wildman–Crippen LogP) is 0.624. The molecule has 3 N–H and O–H groups in total. The van der Waals surface area contributed by atoms with Crippen LogP contribution in [-0.2, 0) is 4.79 Å². The van der Waals surface area contributed by atoms with Crippen molar-refractivity contribution in [1.82, 2.24) is 15.2 Å². The topological polar surface area (TPSA) is 106 Å². The molecule has 1 aromatic heterocycles. The number of aromatic nitrogens is 1. The van der Waals surface area contributed by atoms with Crippen molar-refractivity contribution < 1.29 is 19.8 Å². The Bertz CT molecular complexity index is 943. The minimum Gasteiger partial charge on any atom is -0.391 e. The van der Waals surface area contributed by atoms with Crippen LogP contribution in [0.15, 0.2) is 48.7 Å². The van der Waals surface area contributed by atoms with Gasteiger partial charge in [0, 0.05) is 43.6 Å². The standard InChI is InChI=1S/C23H26N4O4/c1-17(29)22(21(30)16-28)25-23(31)27-14-12-26(13-15-27)20-9-6-18(7-10-20)5-8-19-4-2-3-11-24-19/h2-4,6-7,9-11,17,22,28-29H,12-16H2,1H3,(H,25,31)/t17-,22+/m1/s1. The second kappa shape index (κ2) is 10.6. The van der Waals surface area contributed by atoms with Gasteiger partial charge in [-0.3, -0.25) is 4.79 Å². The van der Waals surface area contributed by atoms with Gasteiger partial charge in [-0.05, 0) is 49.2 Å². The summed E-state index contributed by atoms with van der Waals surface area (Å²) in [6.07, 6.45) is 0.631. The fourth-order valence-electron chi connectivity index (χ4n) is 3.29. The van der Waals surface area contributed by atoms with E-state index in [9.17, 15) is 14.7 Å². The van der Waals surface area contributed by atoms with Crippen LogP contribution in [0.5, 0.6) is 0 Å².